The molecule has 2 saturated heterocycles. The van der Waals surface area contributed by atoms with Crippen molar-refractivity contribution in [3.05, 3.63) is 95.4 Å². The molecule has 3 heterocycles. The lowest BCUT2D eigenvalue weighted by molar-refractivity contribution is 0.368. The van der Waals surface area contributed by atoms with Gasteiger partial charge in [0.05, 0.1) is 17.4 Å². The second kappa shape index (κ2) is 8.21. The molecule has 8 heteroatoms. The summed E-state index contributed by atoms with van der Waals surface area (Å²) >= 11 is 0. The van der Waals surface area contributed by atoms with E-state index in [1.165, 1.54) is 23.3 Å². The van der Waals surface area contributed by atoms with Crippen LogP contribution < -0.4 is 0 Å². The molecule has 0 amide bonds. The molecule has 7 rings (SSSR count). The fourth-order valence-corrected chi connectivity index (χ4v) is 8.72. The number of nitrogens with zero attached hydrogens (tertiary/aromatic N) is 4. The van der Waals surface area contributed by atoms with Crippen molar-refractivity contribution in [2.45, 2.75) is 31.1 Å². The third-order valence-corrected chi connectivity index (χ3v) is 10.7. The van der Waals surface area contributed by atoms with E-state index < -0.39 is 10.2 Å². The first kappa shape index (κ1) is 23.1. The van der Waals surface area contributed by atoms with Gasteiger partial charge in [0, 0.05) is 42.9 Å². The molecule has 1 aliphatic carbocycles. The number of rotatable bonds is 5. The van der Waals surface area contributed by atoms with Gasteiger partial charge >= 0.3 is 0 Å². The molecule has 3 atom stereocenters. The third kappa shape index (κ3) is 3.42. The molecule has 0 spiro atoms. The average molecular weight is 517 g/mol. The summed E-state index contributed by atoms with van der Waals surface area (Å²) < 4.78 is 45.7. The van der Waals surface area contributed by atoms with Gasteiger partial charge < -0.3 is 0 Å². The summed E-state index contributed by atoms with van der Waals surface area (Å²) in [5, 5.41) is 5.60. The second-order valence-corrected chi connectivity index (χ2v) is 12.6. The van der Waals surface area contributed by atoms with E-state index >= 15 is 0 Å². The topological polar surface area (TPSA) is 58.4 Å². The van der Waals surface area contributed by atoms with Crippen molar-refractivity contribution in [2.75, 3.05) is 26.2 Å². The summed E-state index contributed by atoms with van der Waals surface area (Å²) in [6, 6.07) is 21.2. The normalized spacial score (nSPS) is 26.1. The Hall–Kier alpha value is -3.07. The maximum atomic E-state index is 13.5. The number of aryl methyl sites for hydroxylation is 1. The lowest BCUT2D eigenvalue weighted by Gasteiger charge is -2.28. The van der Waals surface area contributed by atoms with Crippen molar-refractivity contribution in [1.82, 2.24) is 18.4 Å². The predicted molar refractivity (Wildman–Crippen MR) is 141 cm³/mol. The van der Waals surface area contributed by atoms with E-state index in [9.17, 15) is 12.8 Å². The van der Waals surface area contributed by atoms with Crippen LogP contribution >= 0.6 is 0 Å². The molecule has 0 bridgehead atoms. The highest BCUT2D eigenvalue weighted by molar-refractivity contribution is 7.86. The monoisotopic (exact) mass is 516 g/mol. The minimum atomic E-state index is -3.46. The molecule has 3 fully saturated rings. The van der Waals surface area contributed by atoms with Crippen LogP contribution in [0.5, 0.6) is 0 Å². The first-order valence-electron chi connectivity index (χ1n) is 12.9. The number of hydrogen-bond donors (Lipinski definition) is 0. The van der Waals surface area contributed by atoms with Gasteiger partial charge in [-0.05, 0) is 78.8 Å². The zero-order valence-corrected chi connectivity index (χ0v) is 21.5. The van der Waals surface area contributed by atoms with Gasteiger partial charge in [0.25, 0.3) is 10.2 Å². The highest BCUT2D eigenvalue weighted by atomic mass is 32.2. The van der Waals surface area contributed by atoms with Gasteiger partial charge in [-0.3, -0.25) is 0 Å². The number of piperidine rings is 1. The van der Waals surface area contributed by atoms with Gasteiger partial charge in [0.1, 0.15) is 5.82 Å². The Kier molecular flexibility index (Phi) is 5.12. The molecule has 3 aromatic carbocycles. The summed E-state index contributed by atoms with van der Waals surface area (Å²) in [4.78, 5) is 0. The average Bonchev–Trinajstić information content (AvgIpc) is 3.41. The number of fused-ring (bicyclic) bond motifs is 2. The standard InChI is InChI=1S/C29H29FN4O2S/c1-20-15-27-22(17-31-34(27)24-11-9-23(30)10-12-24)16-25(20)29-19-33(37(35,36)32-13-5-6-14-32)18-26(29)28(29)21-7-3-2-4-8-21/h2-4,7-12,15-17,26,28H,5-6,13-14,18-19H2,1H3/t26-,28-,29+/m0/s1. The molecular weight excluding hydrogens is 487 g/mol. The largest absolute Gasteiger partial charge is 0.282 e. The van der Waals surface area contributed by atoms with E-state index in [0.717, 1.165) is 35.0 Å². The van der Waals surface area contributed by atoms with Crippen molar-refractivity contribution < 1.29 is 12.8 Å². The van der Waals surface area contributed by atoms with E-state index in [1.807, 2.05) is 16.9 Å². The van der Waals surface area contributed by atoms with E-state index in [4.69, 9.17) is 0 Å². The molecule has 3 aliphatic rings. The lowest BCUT2D eigenvalue weighted by Crippen LogP contribution is -2.43. The molecule has 2 aliphatic heterocycles. The number of benzene rings is 3. The van der Waals surface area contributed by atoms with Crippen molar-refractivity contribution in [3.63, 3.8) is 0 Å². The van der Waals surface area contributed by atoms with Crippen molar-refractivity contribution in [1.29, 1.82) is 0 Å². The summed E-state index contributed by atoms with van der Waals surface area (Å²) in [5.41, 5.74) is 5.10. The SMILES string of the molecule is Cc1cc2c(cnn2-c2ccc(F)cc2)cc1[C@]12CN(S(=O)(=O)N3CCCC3)C[C@H]1[C@@H]2c1ccccc1. The molecule has 6 nitrogen and oxygen atoms in total. The minimum Gasteiger partial charge on any atom is -0.233 e. The van der Waals surface area contributed by atoms with Crippen LogP contribution in [0, 0.1) is 18.7 Å². The van der Waals surface area contributed by atoms with E-state index in [-0.39, 0.29) is 23.1 Å². The fraction of sp³-hybridized carbons (Fsp3) is 0.345. The van der Waals surface area contributed by atoms with Gasteiger partial charge in [0.15, 0.2) is 0 Å². The fourth-order valence-electron chi connectivity index (χ4n) is 6.95. The van der Waals surface area contributed by atoms with Crippen molar-refractivity contribution in [2.24, 2.45) is 5.92 Å². The number of halogens is 1. The first-order chi connectivity index (χ1) is 17.9. The third-order valence-electron chi connectivity index (χ3n) is 8.71. The van der Waals surface area contributed by atoms with E-state index in [2.05, 4.69) is 48.4 Å². The zero-order chi connectivity index (χ0) is 25.4. The van der Waals surface area contributed by atoms with Gasteiger partial charge in [-0.25, -0.2) is 9.07 Å². The van der Waals surface area contributed by atoms with Crippen LogP contribution in [0.3, 0.4) is 0 Å². The zero-order valence-electron chi connectivity index (χ0n) is 20.7. The quantitative estimate of drug-likeness (QED) is 0.384. The molecular formula is C29H29FN4O2S. The first-order valence-corrected chi connectivity index (χ1v) is 14.3. The molecule has 1 saturated carbocycles. The number of hydrogen-bond acceptors (Lipinski definition) is 3. The highest BCUT2D eigenvalue weighted by Crippen LogP contribution is 2.70. The van der Waals surface area contributed by atoms with Gasteiger partial charge in [0.2, 0.25) is 0 Å². The molecule has 4 aromatic rings. The van der Waals surface area contributed by atoms with Crippen molar-refractivity contribution >= 4 is 21.1 Å². The second-order valence-electron chi connectivity index (χ2n) is 10.7. The van der Waals surface area contributed by atoms with Gasteiger partial charge in [-0.1, -0.05) is 30.3 Å². The molecule has 0 radical (unpaired) electrons. The summed E-state index contributed by atoms with van der Waals surface area (Å²) in [7, 11) is -3.46. The van der Waals surface area contributed by atoms with Crippen LogP contribution in [0.2, 0.25) is 0 Å². The smallest absolute Gasteiger partial charge is 0.233 e. The molecule has 0 unspecified atom stereocenters. The molecule has 1 aromatic heterocycles. The van der Waals surface area contributed by atoms with Gasteiger partial charge in [-0.2, -0.15) is 22.1 Å². The number of aromatic nitrogens is 2. The van der Waals surface area contributed by atoms with Crippen LogP contribution in [0.4, 0.5) is 4.39 Å². The van der Waals surface area contributed by atoms with Gasteiger partial charge in [-0.15, -0.1) is 0 Å². The maximum absolute atomic E-state index is 13.5. The Morgan fingerprint density at radius 2 is 1.70 bits per heavy atom. The molecule has 37 heavy (non-hydrogen) atoms. The van der Waals surface area contributed by atoms with Crippen molar-refractivity contribution in [3.8, 4) is 5.69 Å². The Labute approximate surface area is 216 Å². The minimum absolute atomic E-state index is 0.232. The molecule has 0 N–H and O–H groups in total. The lowest BCUT2D eigenvalue weighted by atomic mass is 9.87. The van der Waals surface area contributed by atoms with E-state index in [0.29, 0.717) is 26.2 Å². The maximum Gasteiger partial charge on any atom is 0.282 e. The molecule has 190 valence electrons. The van der Waals surface area contributed by atoms with Crippen LogP contribution in [-0.4, -0.2) is 53.0 Å². The Bertz CT molecular complexity index is 1600. The van der Waals surface area contributed by atoms with Crippen LogP contribution in [-0.2, 0) is 15.6 Å². The van der Waals surface area contributed by atoms with Crippen LogP contribution in [0.25, 0.3) is 16.6 Å². The Morgan fingerprint density at radius 1 is 0.973 bits per heavy atom. The summed E-state index contributed by atoms with van der Waals surface area (Å²) in [6.45, 7) is 4.39. The Balaban J connectivity index is 1.31. The highest BCUT2D eigenvalue weighted by Gasteiger charge is 2.71. The predicted octanol–water partition coefficient (Wildman–Crippen LogP) is 4.78. The summed E-state index contributed by atoms with van der Waals surface area (Å²) in [5.74, 6) is 0.233. The summed E-state index contributed by atoms with van der Waals surface area (Å²) in [6.07, 6.45) is 3.71. The van der Waals surface area contributed by atoms with Crippen LogP contribution in [0.15, 0.2) is 72.9 Å². The van der Waals surface area contributed by atoms with E-state index in [1.54, 1.807) is 20.7 Å². The van der Waals surface area contributed by atoms with Crippen LogP contribution in [0.1, 0.15) is 35.4 Å². The Morgan fingerprint density at radius 3 is 2.43 bits per heavy atom.